The van der Waals surface area contributed by atoms with Gasteiger partial charge in [0.25, 0.3) is 0 Å². The number of hydroxylamine groups is 2. The van der Waals surface area contributed by atoms with Gasteiger partial charge in [-0.25, -0.2) is 5.06 Å². The molecule has 0 saturated heterocycles. The van der Waals surface area contributed by atoms with Crippen molar-refractivity contribution in [1.29, 1.82) is 0 Å². The maximum Gasteiger partial charge on any atom is 0.243 e. The molecular formula is C18H26ClFN6O3. The summed E-state index contributed by atoms with van der Waals surface area (Å²) >= 11 is 5.87. The maximum absolute atomic E-state index is 14.6. The van der Waals surface area contributed by atoms with Crippen molar-refractivity contribution in [2.24, 2.45) is 17.8 Å². The van der Waals surface area contributed by atoms with Crippen molar-refractivity contribution in [1.82, 2.24) is 20.5 Å². The van der Waals surface area contributed by atoms with Crippen LogP contribution in [0.5, 0.6) is 0 Å². The SMILES string of the molecule is O=CN(O)C[C@H](CC1CCCC1)C(=O)NNc1nc(Cl)nc(NCC2CC2)c1F. The van der Waals surface area contributed by atoms with Gasteiger partial charge in [-0.2, -0.15) is 14.4 Å². The molecule has 0 aliphatic heterocycles. The van der Waals surface area contributed by atoms with E-state index in [4.69, 9.17) is 11.6 Å². The van der Waals surface area contributed by atoms with Crippen molar-refractivity contribution in [3.8, 4) is 0 Å². The van der Waals surface area contributed by atoms with Crippen LogP contribution >= 0.6 is 11.6 Å². The summed E-state index contributed by atoms with van der Waals surface area (Å²) < 4.78 is 14.6. The molecule has 0 radical (unpaired) electrons. The third kappa shape index (κ3) is 6.40. The smallest absolute Gasteiger partial charge is 0.243 e. The second-order valence-electron chi connectivity index (χ2n) is 7.75. The second kappa shape index (κ2) is 10.0. The van der Waals surface area contributed by atoms with Gasteiger partial charge in [-0.1, -0.05) is 25.7 Å². The Labute approximate surface area is 173 Å². The monoisotopic (exact) mass is 428 g/mol. The molecule has 0 aromatic carbocycles. The van der Waals surface area contributed by atoms with Crippen LogP contribution < -0.4 is 16.2 Å². The van der Waals surface area contributed by atoms with Crippen molar-refractivity contribution < 1.29 is 19.2 Å². The fourth-order valence-corrected chi connectivity index (χ4v) is 3.76. The van der Waals surface area contributed by atoms with Gasteiger partial charge in [0.15, 0.2) is 11.6 Å². The quantitative estimate of drug-likeness (QED) is 0.185. The number of carbonyl (C=O) groups is 2. The molecule has 3 rings (SSSR count). The third-order valence-electron chi connectivity index (χ3n) is 5.38. The summed E-state index contributed by atoms with van der Waals surface area (Å²) in [6.45, 7) is 0.451. The lowest BCUT2D eigenvalue weighted by molar-refractivity contribution is -0.154. The van der Waals surface area contributed by atoms with Gasteiger partial charge in [-0.05, 0) is 42.7 Å². The number of nitrogens with one attached hydrogen (secondary N) is 3. The van der Waals surface area contributed by atoms with Crippen LogP contribution in [0.4, 0.5) is 16.0 Å². The van der Waals surface area contributed by atoms with Crippen LogP contribution in [0, 0.1) is 23.6 Å². The molecule has 2 saturated carbocycles. The second-order valence-corrected chi connectivity index (χ2v) is 8.09. The van der Waals surface area contributed by atoms with Gasteiger partial charge in [-0.15, -0.1) is 0 Å². The highest BCUT2D eigenvalue weighted by atomic mass is 35.5. The fourth-order valence-electron chi connectivity index (χ4n) is 3.59. The summed E-state index contributed by atoms with van der Waals surface area (Å²) in [4.78, 5) is 31.0. The van der Waals surface area contributed by atoms with Crippen LogP contribution in [-0.4, -0.2) is 45.6 Å². The highest BCUT2D eigenvalue weighted by Crippen LogP contribution is 2.31. The number of amides is 2. The number of halogens is 2. The van der Waals surface area contributed by atoms with E-state index in [1.807, 2.05) is 0 Å². The molecule has 2 fully saturated rings. The van der Waals surface area contributed by atoms with Crippen LogP contribution in [0.3, 0.4) is 0 Å². The Morgan fingerprint density at radius 1 is 1.24 bits per heavy atom. The topological polar surface area (TPSA) is 119 Å². The summed E-state index contributed by atoms with van der Waals surface area (Å²) in [5, 5.41) is 12.7. The molecular weight excluding hydrogens is 403 g/mol. The minimum absolute atomic E-state index is 0.0290. The lowest BCUT2D eigenvalue weighted by atomic mass is 9.92. The van der Waals surface area contributed by atoms with Gasteiger partial charge < -0.3 is 5.32 Å². The molecule has 1 aromatic rings. The van der Waals surface area contributed by atoms with E-state index in [-0.39, 0.29) is 29.9 Å². The standard InChI is InChI=1S/C18H26ClFN6O3/c19-18-22-15(21-8-12-5-6-12)14(20)16(23-18)24-25-17(28)13(9-26(29)10-27)7-11-3-1-2-4-11/h10-13,29H,1-9H2,(H,25,28)(H2,21,22,23,24)/t13-/m0/s1. The molecule has 2 amide bonds. The first-order chi connectivity index (χ1) is 14.0. The van der Waals surface area contributed by atoms with Crippen LogP contribution in [0.2, 0.25) is 5.28 Å². The lowest BCUT2D eigenvalue weighted by Crippen LogP contribution is -2.41. The van der Waals surface area contributed by atoms with Gasteiger partial charge in [0.05, 0.1) is 12.5 Å². The minimum Gasteiger partial charge on any atom is -0.367 e. The van der Waals surface area contributed by atoms with Gasteiger partial charge in [0.2, 0.25) is 23.4 Å². The van der Waals surface area contributed by atoms with E-state index in [0.29, 0.717) is 29.9 Å². The van der Waals surface area contributed by atoms with Crippen molar-refractivity contribution in [3.05, 3.63) is 11.1 Å². The number of carbonyl (C=O) groups excluding carboxylic acids is 2. The van der Waals surface area contributed by atoms with Gasteiger partial charge in [0.1, 0.15) is 0 Å². The molecule has 0 unspecified atom stereocenters. The van der Waals surface area contributed by atoms with E-state index in [1.165, 1.54) is 0 Å². The minimum atomic E-state index is -0.751. The summed E-state index contributed by atoms with van der Waals surface area (Å²) in [6.07, 6.45) is 7.21. The first-order valence-corrected chi connectivity index (χ1v) is 10.3. The number of nitrogens with zero attached hydrogens (tertiary/aromatic N) is 3. The highest BCUT2D eigenvalue weighted by Gasteiger charge is 2.27. The summed E-state index contributed by atoms with van der Waals surface area (Å²) in [6, 6.07) is 0. The molecule has 29 heavy (non-hydrogen) atoms. The number of hydrogen-bond donors (Lipinski definition) is 4. The van der Waals surface area contributed by atoms with Crippen molar-refractivity contribution in [3.63, 3.8) is 0 Å². The predicted molar refractivity (Wildman–Crippen MR) is 105 cm³/mol. The van der Waals surface area contributed by atoms with Crippen LogP contribution in [0.1, 0.15) is 44.9 Å². The molecule has 1 aromatic heterocycles. The predicted octanol–water partition coefficient (Wildman–Crippen LogP) is 2.58. The fraction of sp³-hybridized carbons (Fsp3) is 0.667. The average molecular weight is 429 g/mol. The largest absolute Gasteiger partial charge is 0.367 e. The molecule has 1 heterocycles. The summed E-state index contributed by atoms with van der Waals surface area (Å²) in [7, 11) is 0. The molecule has 9 nitrogen and oxygen atoms in total. The Bertz CT molecular complexity index is 730. The van der Waals surface area contributed by atoms with Crippen LogP contribution in [0.25, 0.3) is 0 Å². The van der Waals surface area contributed by atoms with Crippen LogP contribution in [-0.2, 0) is 9.59 Å². The Balaban J connectivity index is 1.62. The highest BCUT2D eigenvalue weighted by molar-refractivity contribution is 6.28. The van der Waals surface area contributed by atoms with Gasteiger partial charge in [-0.3, -0.25) is 25.6 Å². The number of hydrazine groups is 1. The van der Waals surface area contributed by atoms with Crippen molar-refractivity contribution in [2.75, 3.05) is 23.8 Å². The normalized spacial score (nSPS) is 17.6. The first-order valence-electron chi connectivity index (χ1n) is 9.89. The number of rotatable bonds is 11. The molecule has 2 aliphatic carbocycles. The Hall–Kier alpha value is -2.20. The first kappa shape index (κ1) is 21.5. The summed E-state index contributed by atoms with van der Waals surface area (Å²) in [5.41, 5.74) is 4.87. The Kier molecular flexibility index (Phi) is 7.43. The van der Waals surface area contributed by atoms with E-state index < -0.39 is 17.6 Å². The van der Waals surface area contributed by atoms with Gasteiger partial charge >= 0.3 is 0 Å². The van der Waals surface area contributed by atoms with E-state index in [0.717, 1.165) is 38.5 Å². The van der Waals surface area contributed by atoms with Crippen LogP contribution in [0.15, 0.2) is 0 Å². The van der Waals surface area contributed by atoms with Gasteiger partial charge in [0, 0.05) is 6.54 Å². The zero-order valence-electron chi connectivity index (χ0n) is 16.0. The van der Waals surface area contributed by atoms with E-state index in [2.05, 4.69) is 26.1 Å². The molecule has 0 spiro atoms. The zero-order valence-corrected chi connectivity index (χ0v) is 16.8. The number of anilines is 2. The van der Waals surface area contributed by atoms with E-state index in [1.54, 1.807) is 0 Å². The molecule has 2 aliphatic rings. The number of aromatic nitrogens is 2. The Morgan fingerprint density at radius 3 is 2.59 bits per heavy atom. The molecule has 0 bridgehead atoms. The molecule has 11 heteroatoms. The van der Waals surface area contributed by atoms with E-state index in [9.17, 15) is 19.2 Å². The van der Waals surface area contributed by atoms with Crippen molar-refractivity contribution >= 4 is 35.6 Å². The lowest BCUT2D eigenvalue weighted by Gasteiger charge is -2.22. The molecule has 1 atom stereocenters. The third-order valence-corrected chi connectivity index (χ3v) is 5.54. The number of hydrogen-bond acceptors (Lipinski definition) is 7. The molecule has 160 valence electrons. The maximum atomic E-state index is 14.6. The van der Waals surface area contributed by atoms with E-state index >= 15 is 0 Å². The Morgan fingerprint density at radius 2 is 1.93 bits per heavy atom. The molecule has 4 N–H and O–H groups in total. The average Bonchev–Trinajstić information content (AvgIpc) is 3.40. The zero-order chi connectivity index (χ0) is 20.8. The summed E-state index contributed by atoms with van der Waals surface area (Å²) in [5.74, 6) is -1.29. The van der Waals surface area contributed by atoms with Crippen molar-refractivity contribution in [2.45, 2.75) is 44.9 Å².